The predicted octanol–water partition coefficient (Wildman–Crippen LogP) is 2.84. The molecule has 0 aliphatic heterocycles. The van der Waals surface area contributed by atoms with E-state index in [0.717, 1.165) is 21.7 Å². The van der Waals surface area contributed by atoms with Crippen LogP contribution in [0.15, 0.2) is 18.2 Å². The Kier molecular flexibility index (Phi) is 3.29. The zero-order chi connectivity index (χ0) is 13.3. The minimum Gasteiger partial charge on any atom is -0.375 e. The lowest BCUT2D eigenvalue weighted by Gasteiger charge is -2.04. The molecule has 0 spiro atoms. The summed E-state index contributed by atoms with van der Waals surface area (Å²) >= 11 is 1.43. The third-order valence-electron chi connectivity index (χ3n) is 2.80. The Morgan fingerprint density at radius 2 is 2.17 bits per heavy atom. The molecule has 1 aromatic carbocycles. The van der Waals surface area contributed by atoms with Gasteiger partial charge in [0.1, 0.15) is 0 Å². The van der Waals surface area contributed by atoms with E-state index in [-0.39, 0.29) is 10.6 Å². The summed E-state index contributed by atoms with van der Waals surface area (Å²) < 4.78 is 0. The smallest absolute Gasteiger partial charge is 0.269 e. The van der Waals surface area contributed by atoms with Gasteiger partial charge in [0.25, 0.3) is 5.69 Å². The van der Waals surface area contributed by atoms with Gasteiger partial charge in [-0.25, -0.2) is 4.98 Å². The third kappa shape index (κ3) is 2.48. The fraction of sp³-hybridized carbons (Fsp3) is 0.250. The molecule has 0 aliphatic carbocycles. The first kappa shape index (κ1) is 12.5. The maximum atomic E-state index is 10.8. The van der Waals surface area contributed by atoms with Gasteiger partial charge in [-0.3, -0.25) is 10.1 Å². The van der Waals surface area contributed by atoms with Crippen LogP contribution in [0, 0.1) is 24.0 Å². The highest BCUT2D eigenvalue weighted by atomic mass is 32.1. The zero-order valence-corrected chi connectivity index (χ0v) is 11.0. The molecule has 0 unspecified atom stereocenters. The van der Waals surface area contributed by atoms with Gasteiger partial charge in [-0.1, -0.05) is 6.07 Å². The number of non-ortho nitro benzene ring substituents is 1. The van der Waals surface area contributed by atoms with Crippen LogP contribution in [0.25, 0.3) is 0 Å². The molecule has 0 atom stereocenters. The molecule has 94 valence electrons. The molecule has 18 heavy (non-hydrogen) atoms. The molecule has 0 radical (unpaired) electrons. The summed E-state index contributed by atoms with van der Waals surface area (Å²) in [4.78, 5) is 15.6. The number of aryl methyl sites for hydroxylation is 2. The first-order valence-corrected chi connectivity index (χ1v) is 6.24. The van der Waals surface area contributed by atoms with Crippen molar-refractivity contribution in [2.75, 3.05) is 5.73 Å². The summed E-state index contributed by atoms with van der Waals surface area (Å²) in [7, 11) is 0. The van der Waals surface area contributed by atoms with Gasteiger partial charge in [-0.05, 0) is 25.0 Å². The van der Waals surface area contributed by atoms with Crippen LogP contribution >= 0.6 is 11.3 Å². The van der Waals surface area contributed by atoms with E-state index in [0.29, 0.717) is 11.6 Å². The number of benzene rings is 1. The van der Waals surface area contributed by atoms with Crippen LogP contribution in [0.5, 0.6) is 0 Å². The lowest BCUT2D eigenvalue weighted by molar-refractivity contribution is -0.384. The van der Waals surface area contributed by atoms with Gasteiger partial charge in [0, 0.05) is 23.4 Å². The van der Waals surface area contributed by atoms with Crippen molar-refractivity contribution in [1.82, 2.24) is 4.98 Å². The van der Waals surface area contributed by atoms with Gasteiger partial charge in [0.15, 0.2) is 5.13 Å². The number of aromatic nitrogens is 1. The Morgan fingerprint density at radius 3 is 2.72 bits per heavy atom. The summed E-state index contributed by atoms with van der Waals surface area (Å²) in [5.41, 5.74) is 8.63. The molecule has 1 aromatic heterocycles. The van der Waals surface area contributed by atoms with E-state index in [1.807, 2.05) is 13.8 Å². The van der Waals surface area contributed by atoms with Gasteiger partial charge in [-0.15, -0.1) is 11.3 Å². The maximum Gasteiger partial charge on any atom is 0.269 e. The molecular weight excluding hydrogens is 250 g/mol. The number of nitrogen functional groups attached to an aromatic ring is 1. The van der Waals surface area contributed by atoms with Gasteiger partial charge in [0.2, 0.25) is 0 Å². The minimum absolute atomic E-state index is 0.116. The Bertz CT molecular complexity index is 607. The second-order valence-electron chi connectivity index (χ2n) is 4.11. The topological polar surface area (TPSA) is 82.0 Å². The van der Waals surface area contributed by atoms with E-state index in [1.165, 1.54) is 17.4 Å². The third-order valence-corrected chi connectivity index (χ3v) is 3.79. The van der Waals surface area contributed by atoms with Crippen molar-refractivity contribution in [1.29, 1.82) is 0 Å². The summed E-state index contributed by atoms with van der Waals surface area (Å²) in [6.45, 7) is 3.84. The minimum atomic E-state index is -0.378. The highest BCUT2D eigenvalue weighted by Crippen LogP contribution is 2.26. The van der Waals surface area contributed by atoms with E-state index >= 15 is 0 Å². The van der Waals surface area contributed by atoms with Gasteiger partial charge < -0.3 is 5.73 Å². The number of nitrogens with two attached hydrogens (primary N) is 1. The summed E-state index contributed by atoms with van der Waals surface area (Å²) in [5.74, 6) is 0. The number of hydrogen-bond donors (Lipinski definition) is 1. The fourth-order valence-electron chi connectivity index (χ4n) is 1.75. The van der Waals surface area contributed by atoms with Crippen LogP contribution in [-0.2, 0) is 6.42 Å². The number of nitro benzene ring substituents is 1. The molecule has 2 aromatic rings. The Morgan fingerprint density at radius 1 is 1.44 bits per heavy atom. The lowest BCUT2D eigenvalue weighted by atomic mass is 10.0. The standard InChI is InChI=1S/C12H13N3O2S/c1-7-3-4-10(15(16)17)5-9(7)6-11-8(2)14-12(13)18-11/h3-5H,6H2,1-2H3,(H2,13,14). The molecule has 0 fully saturated rings. The Hall–Kier alpha value is -1.95. The van der Waals surface area contributed by atoms with Crippen molar-refractivity contribution in [2.45, 2.75) is 20.3 Å². The Labute approximate surface area is 108 Å². The average molecular weight is 263 g/mol. The van der Waals surface area contributed by atoms with E-state index in [4.69, 9.17) is 5.73 Å². The number of thiazole rings is 1. The van der Waals surface area contributed by atoms with Crippen molar-refractivity contribution in [3.63, 3.8) is 0 Å². The van der Waals surface area contributed by atoms with E-state index in [9.17, 15) is 10.1 Å². The molecule has 2 N–H and O–H groups in total. The molecule has 0 aliphatic rings. The van der Waals surface area contributed by atoms with E-state index < -0.39 is 0 Å². The second-order valence-corrected chi connectivity index (χ2v) is 5.22. The molecule has 2 rings (SSSR count). The predicted molar refractivity (Wildman–Crippen MR) is 71.9 cm³/mol. The van der Waals surface area contributed by atoms with Gasteiger partial charge in [0.05, 0.1) is 10.6 Å². The highest BCUT2D eigenvalue weighted by molar-refractivity contribution is 7.15. The molecular formula is C12H13N3O2S. The summed E-state index contributed by atoms with van der Waals surface area (Å²) in [5, 5.41) is 11.3. The summed E-state index contributed by atoms with van der Waals surface area (Å²) in [6, 6.07) is 4.91. The molecule has 0 saturated heterocycles. The first-order chi connectivity index (χ1) is 8.47. The largest absolute Gasteiger partial charge is 0.375 e. The number of anilines is 1. The number of hydrogen-bond acceptors (Lipinski definition) is 5. The van der Waals surface area contributed by atoms with Crippen molar-refractivity contribution >= 4 is 22.2 Å². The quantitative estimate of drug-likeness (QED) is 0.681. The van der Waals surface area contributed by atoms with Gasteiger partial charge in [-0.2, -0.15) is 0 Å². The van der Waals surface area contributed by atoms with Crippen LogP contribution < -0.4 is 5.73 Å². The normalized spacial score (nSPS) is 10.6. The highest BCUT2D eigenvalue weighted by Gasteiger charge is 2.12. The van der Waals surface area contributed by atoms with Crippen LogP contribution in [0.3, 0.4) is 0 Å². The molecule has 6 heteroatoms. The van der Waals surface area contributed by atoms with Gasteiger partial charge >= 0.3 is 0 Å². The van der Waals surface area contributed by atoms with Crippen molar-refractivity contribution in [3.05, 3.63) is 50.0 Å². The molecule has 0 amide bonds. The van der Waals surface area contributed by atoms with Crippen LogP contribution in [0.4, 0.5) is 10.8 Å². The lowest BCUT2D eigenvalue weighted by Crippen LogP contribution is -1.95. The molecule has 1 heterocycles. The second kappa shape index (κ2) is 4.73. The zero-order valence-electron chi connectivity index (χ0n) is 10.1. The molecule has 0 saturated carbocycles. The van der Waals surface area contributed by atoms with Crippen LogP contribution in [0.1, 0.15) is 21.7 Å². The maximum absolute atomic E-state index is 10.8. The van der Waals surface area contributed by atoms with Crippen LogP contribution in [0.2, 0.25) is 0 Å². The summed E-state index contributed by atoms with van der Waals surface area (Å²) in [6.07, 6.45) is 0.633. The van der Waals surface area contributed by atoms with E-state index in [1.54, 1.807) is 12.1 Å². The van der Waals surface area contributed by atoms with Crippen molar-refractivity contribution < 1.29 is 4.92 Å². The van der Waals surface area contributed by atoms with E-state index in [2.05, 4.69) is 4.98 Å². The van der Waals surface area contributed by atoms with Crippen LogP contribution in [-0.4, -0.2) is 9.91 Å². The fourth-order valence-corrected chi connectivity index (χ4v) is 2.61. The molecule has 0 bridgehead atoms. The Balaban J connectivity index is 2.36. The van der Waals surface area contributed by atoms with Crippen molar-refractivity contribution in [3.8, 4) is 0 Å². The SMILES string of the molecule is Cc1ccc([N+](=O)[O-])cc1Cc1sc(N)nc1C. The number of nitrogens with zero attached hydrogens (tertiary/aromatic N) is 2. The number of rotatable bonds is 3. The monoisotopic (exact) mass is 263 g/mol. The average Bonchev–Trinajstić information content (AvgIpc) is 2.60. The number of nitro groups is 1. The van der Waals surface area contributed by atoms with Crippen molar-refractivity contribution in [2.24, 2.45) is 0 Å². The molecule has 5 nitrogen and oxygen atoms in total. The first-order valence-electron chi connectivity index (χ1n) is 5.43.